The van der Waals surface area contributed by atoms with Crippen LogP contribution in [0.4, 0.5) is 0 Å². The van der Waals surface area contributed by atoms with Crippen LogP contribution in [-0.4, -0.2) is 41.6 Å². The van der Waals surface area contributed by atoms with E-state index in [1.807, 2.05) is 13.8 Å². The van der Waals surface area contributed by atoms with Crippen LogP contribution in [0.2, 0.25) is 0 Å². The quantitative estimate of drug-likeness (QED) is 0.766. The topological polar surface area (TPSA) is 55.6 Å². The molecule has 2 aliphatic rings. The van der Waals surface area contributed by atoms with E-state index in [0.29, 0.717) is 25.1 Å². The number of nitrogens with zero attached hydrogens (tertiary/aromatic N) is 1. The lowest BCUT2D eigenvalue weighted by atomic mass is 9.91. The summed E-state index contributed by atoms with van der Waals surface area (Å²) in [7, 11) is 0. The number of hydrogen-bond acceptors (Lipinski definition) is 4. The van der Waals surface area contributed by atoms with Gasteiger partial charge in [-0.15, -0.1) is 0 Å². The van der Waals surface area contributed by atoms with Crippen molar-refractivity contribution >= 4 is 5.97 Å². The molecular weight excluding hydrogens is 264 g/mol. The Hall–Kier alpha value is -0.610. The standard InChI is InChI=1S/C17H32N2O2/c1-4-21-16(20)17(3,18)12-13(2)19-11-7-10-15(19)14-8-5-6-9-14/h13-15H,4-12,18H2,1-3H3. The monoisotopic (exact) mass is 296 g/mol. The summed E-state index contributed by atoms with van der Waals surface area (Å²) in [5.41, 5.74) is 5.34. The zero-order chi connectivity index (χ0) is 15.5. The summed E-state index contributed by atoms with van der Waals surface area (Å²) >= 11 is 0. The van der Waals surface area contributed by atoms with Crippen LogP contribution in [0.25, 0.3) is 0 Å². The summed E-state index contributed by atoms with van der Waals surface area (Å²) < 4.78 is 5.11. The van der Waals surface area contributed by atoms with Gasteiger partial charge in [0.05, 0.1) is 6.61 Å². The third-order valence-corrected chi connectivity index (χ3v) is 5.31. The van der Waals surface area contributed by atoms with Crippen LogP contribution in [0.5, 0.6) is 0 Å². The molecule has 1 aliphatic carbocycles. The van der Waals surface area contributed by atoms with E-state index in [1.165, 1.54) is 38.5 Å². The molecule has 1 saturated heterocycles. The molecule has 4 nitrogen and oxygen atoms in total. The van der Waals surface area contributed by atoms with Crippen molar-refractivity contribution in [1.29, 1.82) is 0 Å². The van der Waals surface area contributed by atoms with Gasteiger partial charge in [0.25, 0.3) is 0 Å². The first-order chi connectivity index (χ1) is 9.95. The van der Waals surface area contributed by atoms with Crippen molar-refractivity contribution in [2.75, 3.05) is 13.2 Å². The van der Waals surface area contributed by atoms with Gasteiger partial charge in [0.1, 0.15) is 5.54 Å². The molecule has 1 aliphatic heterocycles. The molecule has 2 rings (SSSR count). The van der Waals surface area contributed by atoms with Gasteiger partial charge in [-0.2, -0.15) is 0 Å². The highest BCUT2D eigenvalue weighted by Gasteiger charge is 2.39. The van der Waals surface area contributed by atoms with E-state index in [4.69, 9.17) is 10.5 Å². The molecule has 0 aromatic heterocycles. The Bertz CT molecular complexity index is 351. The fourth-order valence-electron chi connectivity index (χ4n) is 4.32. The van der Waals surface area contributed by atoms with Crippen molar-refractivity contribution in [2.24, 2.45) is 11.7 Å². The summed E-state index contributed by atoms with van der Waals surface area (Å²) in [6.45, 7) is 7.41. The van der Waals surface area contributed by atoms with Gasteiger partial charge in [0.15, 0.2) is 0 Å². The summed E-state index contributed by atoms with van der Waals surface area (Å²) in [6.07, 6.45) is 8.82. The molecule has 122 valence electrons. The third kappa shape index (κ3) is 3.98. The molecule has 0 amide bonds. The first-order valence-corrected chi connectivity index (χ1v) is 8.67. The van der Waals surface area contributed by atoms with Crippen LogP contribution in [-0.2, 0) is 9.53 Å². The summed E-state index contributed by atoms with van der Waals surface area (Å²) in [4.78, 5) is 14.6. The molecule has 21 heavy (non-hydrogen) atoms. The van der Waals surface area contributed by atoms with Crippen molar-refractivity contribution in [2.45, 2.75) is 83.3 Å². The number of hydrogen-bond donors (Lipinski definition) is 1. The zero-order valence-corrected chi connectivity index (χ0v) is 13.9. The second-order valence-electron chi connectivity index (χ2n) is 7.18. The van der Waals surface area contributed by atoms with Crippen molar-refractivity contribution < 1.29 is 9.53 Å². The van der Waals surface area contributed by atoms with Gasteiger partial charge in [0, 0.05) is 12.1 Å². The molecule has 4 heteroatoms. The van der Waals surface area contributed by atoms with Crippen molar-refractivity contribution in [3.05, 3.63) is 0 Å². The molecule has 0 aromatic rings. The van der Waals surface area contributed by atoms with E-state index in [-0.39, 0.29) is 5.97 Å². The molecule has 0 radical (unpaired) electrons. The van der Waals surface area contributed by atoms with Crippen LogP contribution in [0.15, 0.2) is 0 Å². The van der Waals surface area contributed by atoms with Gasteiger partial charge in [-0.3, -0.25) is 9.69 Å². The van der Waals surface area contributed by atoms with Gasteiger partial charge < -0.3 is 10.5 Å². The summed E-state index contributed by atoms with van der Waals surface area (Å²) in [5.74, 6) is 0.593. The highest BCUT2D eigenvalue weighted by molar-refractivity contribution is 5.80. The number of carbonyl (C=O) groups excluding carboxylic acids is 1. The Balaban J connectivity index is 1.95. The van der Waals surface area contributed by atoms with Crippen molar-refractivity contribution in [3.63, 3.8) is 0 Å². The fourth-order valence-corrected chi connectivity index (χ4v) is 4.32. The lowest BCUT2D eigenvalue weighted by Gasteiger charge is -2.37. The first kappa shape index (κ1) is 16.8. The highest BCUT2D eigenvalue weighted by Crippen LogP contribution is 2.37. The van der Waals surface area contributed by atoms with Gasteiger partial charge in [-0.25, -0.2) is 0 Å². The van der Waals surface area contributed by atoms with E-state index >= 15 is 0 Å². The van der Waals surface area contributed by atoms with E-state index < -0.39 is 5.54 Å². The Morgan fingerprint density at radius 2 is 2.00 bits per heavy atom. The predicted molar refractivity (Wildman–Crippen MR) is 85.0 cm³/mol. The second kappa shape index (κ2) is 7.10. The minimum atomic E-state index is -0.877. The van der Waals surface area contributed by atoms with Crippen LogP contribution < -0.4 is 5.73 Å². The molecule has 2 fully saturated rings. The van der Waals surface area contributed by atoms with Crippen LogP contribution in [0, 0.1) is 5.92 Å². The van der Waals surface area contributed by atoms with Gasteiger partial charge in [0.2, 0.25) is 0 Å². The molecular formula is C17H32N2O2. The Labute approximate surface area is 129 Å². The molecule has 2 N–H and O–H groups in total. The second-order valence-corrected chi connectivity index (χ2v) is 7.18. The van der Waals surface area contributed by atoms with E-state index in [0.717, 1.165) is 12.5 Å². The van der Waals surface area contributed by atoms with E-state index in [9.17, 15) is 4.79 Å². The number of rotatable bonds is 6. The maximum atomic E-state index is 12.0. The fraction of sp³-hybridized carbons (Fsp3) is 0.941. The van der Waals surface area contributed by atoms with E-state index in [2.05, 4.69) is 11.8 Å². The van der Waals surface area contributed by atoms with Crippen LogP contribution in [0.1, 0.15) is 65.7 Å². The lowest BCUT2D eigenvalue weighted by Crippen LogP contribution is -2.52. The number of ether oxygens (including phenoxy) is 1. The number of likely N-dealkylation sites (tertiary alicyclic amines) is 1. The minimum absolute atomic E-state index is 0.270. The van der Waals surface area contributed by atoms with E-state index in [1.54, 1.807) is 0 Å². The van der Waals surface area contributed by atoms with Crippen LogP contribution in [0.3, 0.4) is 0 Å². The molecule has 0 aromatic carbocycles. The molecule has 0 bridgehead atoms. The molecule has 1 heterocycles. The largest absolute Gasteiger partial charge is 0.465 e. The first-order valence-electron chi connectivity index (χ1n) is 8.67. The van der Waals surface area contributed by atoms with Gasteiger partial charge in [-0.1, -0.05) is 12.8 Å². The molecule has 0 spiro atoms. The molecule has 1 saturated carbocycles. The normalized spacial score (nSPS) is 28.5. The smallest absolute Gasteiger partial charge is 0.325 e. The zero-order valence-electron chi connectivity index (χ0n) is 13.9. The number of esters is 1. The van der Waals surface area contributed by atoms with Gasteiger partial charge in [-0.05, 0) is 65.3 Å². The number of nitrogens with two attached hydrogens (primary N) is 1. The SMILES string of the molecule is CCOC(=O)C(C)(N)CC(C)N1CCCC1C1CCCC1. The Morgan fingerprint density at radius 1 is 1.33 bits per heavy atom. The Morgan fingerprint density at radius 3 is 2.62 bits per heavy atom. The average Bonchev–Trinajstić information content (AvgIpc) is 3.09. The summed E-state index contributed by atoms with van der Waals surface area (Å²) in [6, 6.07) is 1.05. The lowest BCUT2D eigenvalue weighted by molar-refractivity contribution is -0.149. The van der Waals surface area contributed by atoms with Crippen LogP contribution >= 0.6 is 0 Å². The minimum Gasteiger partial charge on any atom is -0.465 e. The van der Waals surface area contributed by atoms with Gasteiger partial charge >= 0.3 is 5.97 Å². The maximum absolute atomic E-state index is 12.0. The van der Waals surface area contributed by atoms with Crippen molar-refractivity contribution in [3.8, 4) is 0 Å². The Kier molecular flexibility index (Phi) is 5.67. The predicted octanol–water partition coefficient (Wildman–Crippen LogP) is 2.70. The summed E-state index contributed by atoms with van der Waals surface area (Å²) in [5, 5.41) is 0. The third-order valence-electron chi connectivity index (χ3n) is 5.31. The average molecular weight is 296 g/mol. The maximum Gasteiger partial charge on any atom is 0.325 e. The van der Waals surface area contributed by atoms with Crippen molar-refractivity contribution in [1.82, 2.24) is 4.90 Å². The molecule has 3 unspecified atom stereocenters. The number of carbonyl (C=O) groups is 1. The highest BCUT2D eigenvalue weighted by atomic mass is 16.5. The molecule has 3 atom stereocenters.